The fourth-order valence-corrected chi connectivity index (χ4v) is 0.918. The number of aromatic nitrogens is 2. The van der Waals surface area contributed by atoms with Crippen molar-refractivity contribution in [3.05, 3.63) is 41.7 Å². The molecule has 0 saturated carbocycles. The van der Waals surface area contributed by atoms with E-state index in [0.717, 1.165) is 5.56 Å². The highest BCUT2D eigenvalue weighted by Crippen LogP contribution is 2.12. The van der Waals surface area contributed by atoms with Gasteiger partial charge in [-0.15, -0.1) is 0 Å². The van der Waals surface area contributed by atoms with E-state index < -0.39 is 0 Å². The average Bonchev–Trinajstić information content (AvgIpc) is 2.54. The first-order chi connectivity index (χ1) is 5.86. The van der Waals surface area contributed by atoms with Gasteiger partial charge in [0.25, 0.3) is 11.9 Å². The lowest BCUT2D eigenvalue weighted by molar-refractivity contribution is -0.805. The zero-order chi connectivity index (χ0) is 8.39. The molecule has 0 unspecified atom stereocenters. The molecule has 2 aromatic rings. The monoisotopic (exact) mass is 161 g/mol. The summed E-state index contributed by atoms with van der Waals surface area (Å²) in [5, 5.41) is 14.0. The Bertz CT molecular complexity index is 370. The fraction of sp³-hybridized carbons (Fsp3) is 0. The summed E-state index contributed by atoms with van der Waals surface area (Å²) in [5.74, 6) is 0. The molecule has 0 fully saturated rings. The third kappa shape index (κ3) is 1.14. The minimum atomic E-state index is 0.197. The lowest BCUT2D eigenvalue weighted by Crippen LogP contribution is -2.21. The van der Waals surface area contributed by atoms with Crippen molar-refractivity contribution in [2.75, 3.05) is 0 Å². The van der Waals surface area contributed by atoms with Gasteiger partial charge in [0, 0.05) is 10.7 Å². The molecule has 4 nitrogen and oxygen atoms in total. The van der Waals surface area contributed by atoms with E-state index in [-0.39, 0.29) is 4.90 Å². The number of hydrogen-bond acceptors (Lipinski definition) is 3. The molecule has 0 aliphatic heterocycles. The van der Waals surface area contributed by atoms with Crippen LogP contribution in [0.25, 0.3) is 11.3 Å². The Balaban J connectivity index is 2.45. The van der Waals surface area contributed by atoms with Crippen molar-refractivity contribution >= 4 is 0 Å². The van der Waals surface area contributed by atoms with Gasteiger partial charge in [0.05, 0.1) is 0 Å². The lowest BCUT2D eigenvalue weighted by atomic mass is 10.2. The van der Waals surface area contributed by atoms with E-state index >= 15 is 0 Å². The summed E-state index contributed by atoms with van der Waals surface area (Å²) >= 11 is 0. The van der Waals surface area contributed by atoms with Crippen LogP contribution in [0.2, 0.25) is 0 Å². The second kappa shape index (κ2) is 2.65. The van der Waals surface area contributed by atoms with Gasteiger partial charge in [-0.3, -0.25) is 4.63 Å². The van der Waals surface area contributed by atoms with E-state index in [0.29, 0.717) is 5.69 Å². The number of hydrogen-bond donors (Lipinski definition) is 0. The van der Waals surface area contributed by atoms with Crippen molar-refractivity contribution in [2.24, 2.45) is 0 Å². The van der Waals surface area contributed by atoms with E-state index in [9.17, 15) is 5.21 Å². The average molecular weight is 161 g/mol. The Labute approximate surface area is 68.6 Å². The molecule has 0 aliphatic rings. The topological polar surface area (TPSA) is 53.0 Å². The summed E-state index contributed by atoms with van der Waals surface area (Å²) in [4.78, 5) is 0.197. The summed E-state index contributed by atoms with van der Waals surface area (Å²) < 4.78 is 4.27. The van der Waals surface area contributed by atoms with E-state index in [1.165, 1.54) is 0 Å². The van der Waals surface area contributed by atoms with Crippen LogP contribution in [0.15, 0.2) is 35.0 Å². The molecule has 4 heteroatoms. The third-order valence-corrected chi connectivity index (χ3v) is 1.45. The molecule has 1 heterocycles. The SMILES string of the molecule is [O-][n+]1[c]c(-c2ccccc2)no1. The summed E-state index contributed by atoms with van der Waals surface area (Å²) in [7, 11) is 0. The molecule has 0 bridgehead atoms. The number of nitrogens with zero attached hydrogens (tertiary/aromatic N) is 2. The van der Waals surface area contributed by atoms with Crippen molar-refractivity contribution in [2.45, 2.75) is 0 Å². The Morgan fingerprint density at radius 1 is 1.33 bits per heavy atom. The molecule has 0 aliphatic carbocycles. The van der Waals surface area contributed by atoms with Gasteiger partial charge in [-0.05, 0) is 4.90 Å². The zero-order valence-corrected chi connectivity index (χ0v) is 6.10. The van der Waals surface area contributed by atoms with Crippen LogP contribution < -0.4 is 4.90 Å². The first-order valence-electron chi connectivity index (χ1n) is 3.41. The van der Waals surface area contributed by atoms with Crippen LogP contribution in [0, 0.1) is 11.4 Å². The van der Waals surface area contributed by atoms with E-state index in [2.05, 4.69) is 16.0 Å². The van der Waals surface area contributed by atoms with Crippen molar-refractivity contribution in [3.8, 4) is 11.3 Å². The standard InChI is InChI=1S/C8H5N2O2/c11-10-6-8(9-12-10)7-4-2-1-3-5-7/h1-5H. The maximum Gasteiger partial charge on any atom is 0.281 e. The highest BCUT2D eigenvalue weighted by molar-refractivity contribution is 5.55. The molecule has 12 heavy (non-hydrogen) atoms. The van der Waals surface area contributed by atoms with Crippen molar-refractivity contribution in [1.29, 1.82) is 0 Å². The predicted octanol–water partition coefficient (Wildman–Crippen LogP) is 0.775. The highest BCUT2D eigenvalue weighted by atomic mass is 16.8. The smallest absolute Gasteiger partial charge is 0.281 e. The maximum atomic E-state index is 10.5. The molecule has 0 saturated heterocycles. The second-order valence-electron chi connectivity index (χ2n) is 2.26. The first kappa shape index (κ1) is 6.84. The molecule has 1 aromatic carbocycles. The second-order valence-corrected chi connectivity index (χ2v) is 2.26. The number of benzene rings is 1. The van der Waals surface area contributed by atoms with Gasteiger partial charge in [0.2, 0.25) is 0 Å². The molecular weight excluding hydrogens is 156 g/mol. The van der Waals surface area contributed by atoms with Gasteiger partial charge in [0.1, 0.15) is 0 Å². The van der Waals surface area contributed by atoms with Gasteiger partial charge in [-0.25, -0.2) is 0 Å². The summed E-state index contributed by atoms with van der Waals surface area (Å²) in [6, 6.07) is 9.25. The maximum absolute atomic E-state index is 10.5. The van der Waals surface area contributed by atoms with E-state index in [1.807, 2.05) is 30.3 Å². The largest absolute Gasteiger partial charge is 0.359 e. The molecule has 1 radical (unpaired) electrons. The number of rotatable bonds is 1. The van der Waals surface area contributed by atoms with E-state index in [4.69, 9.17) is 0 Å². The Kier molecular flexibility index (Phi) is 1.51. The molecule has 0 spiro atoms. The Morgan fingerprint density at radius 3 is 2.67 bits per heavy atom. The van der Waals surface area contributed by atoms with Crippen LogP contribution >= 0.6 is 0 Å². The van der Waals surface area contributed by atoms with Crippen LogP contribution in [0.3, 0.4) is 0 Å². The highest BCUT2D eigenvalue weighted by Gasteiger charge is 2.08. The third-order valence-electron chi connectivity index (χ3n) is 1.45. The lowest BCUT2D eigenvalue weighted by Gasteiger charge is -1.85. The van der Waals surface area contributed by atoms with Crippen molar-refractivity contribution in [1.82, 2.24) is 5.16 Å². The minimum Gasteiger partial charge on any atom is -0.359 e. The van der Waals surface area contributed by atoms with Crippen LogP contribution in [0.4, 0.5) is 0 Å². The van der Waals surface area contributed by atoms with Crippen molar-refractivity contribution in [3.63, 3.8) is 0 Å². The van der Waals surface area contributed by atoms with Gasteiger partial charge in [-0.1, -0.05) is 30.3 Å². The molecule has 0 N–H and O–H groups in total. The van der Waals surface area contributed by atoms with Gasteiger partial charge >= 0.3 is 0 Å². The summed E-state index contributed by atoms with van der Waals surface area (Å²) in [6.45, 7) is 0. The predicted molar refractivity (Wildman–Crippen MR) is 39.7 cm³/mol. The minimum absolute atomic E-state index is 0.197. The molecule has 0 atom stereocenters. The molecular formula is C8H5N2O2. The molecule has 59 valence electrons. The van der Waals surface area contributed by atoms with Crippen LogP contribution in [0.5, 0.6) is 0 Å². The van der Waals surface area contributed by atoms with Crippen molar-refractivity contribution < 1.29 is 9.53 Å². The van der Waals surface area contributed by atoms with Gasteiger partial charge in [0.15, 0.2) is 0 Å². The Morgan fingerprint density at radius 2 is 2.08 bits per heavy atom. The fourth-order valence-electron chi connectivity index (χ4n) is 0.918. The van der Waals surface area contributed by atoms with Gasteiger partial charge < -0.3 is 5.21 Å². The van der Waals surface area contributed by atoms with E-state index in [1.54, 1.807) is 0 Å². The zero-order valence-electron chi connectivity index (χ0n) is 6.10. The molecule has 2 rings (SSSR count). The quantitative estimate of drug-likeness (QED) is 0.580. The van der Waals surface area contributed by atoms with Gasteiger partial charge in [-0.2, -0.15) is 0 Å². The summed E-state index contributed by atoms with van der Waals surface area (Å²) in [5.41, 5.74) is 1.24. The van der Waals surface area contributed by atoms with Crippen LogP contribution in [0.1, 0.15) is 0 Å². The van der Waals surface area contributed by atoms with Crippen LogP contribution in [-0.2, 0) is 0 Å². The Hall–Kier alpha value is -1.84. The van der Waals surface area contributed by atoms with Crippen LogP contribution in [-0.4, -0.2) is 5.16 Å². The molecule has 1 aromatic heterocycles. The first-order valence-corrected chi connectivity index (χ1v) is 3.41. The summed E-state index contributed by atoms with van der Waals surface area (Å²) in [6.07, 6.45) is 2.38. The normalized spacial score (nSPS) is 10.0. The molecule has 0 amide bonds.